The van der Waals surface area contributed by atoms with Crippen LogP contribution in [-0.2, 0) is 16.9 Å². The average Bonchev–Trinajstić information content (AvgIpc) is 3.31. The van der Waals surface area contributed by atoms with E-state index in [2.05, 4.69) is 22.2 Å². The first kappa shape index (κ1) is 19.7. The second-order valence-corrected chi connectivity index (χ2v) is 8.79. The zero-order valence-electron chi connectivity index (χ0n) is 15.3. The van der Waals surface area contributed by atoms with Crippen molar-refractivity contribution in [1.29, 1.82) is 0 Å². The lowest BCUT2D eigenvalue weighted by atomic mass is 9.85. The molecule has 0 bridgehead atoms. The molecular formula is C20H20Cl2N4OS. The topological polar surface area (TPSA) is 43.2 Å². The Kier molecular flexibility index (Phi) is 5.94. The molecule has 2 heterocycles. The van der Waals surface area contributed by atoms with Gasteiger partial charge in [0, 0.05) is 34.2 Å². The second-order valence-electron chi connectivity index (χ2n) is 6.83. The molecule has 0 unspecified atom stereocenters. The fourth-order valence-electron chi connectivity index (χ4n) is 3.57. The number of thioether (sulfide) groups is 1. The Balaban J connectivity index is 1.55. The minimum Gasteiger partial charge on any atom is -0.294 e. The lowest BCUT2D eigenvalue weighted by molar-refractivity contribution is -0.170. The van der Waals surface area contributed by atoms with E-state index in [1.165, 1.54) is 4.90 Å². The summed E-state index contributed by atoms with van der Waals surface area (Å²) in [4.78, 5) is 11.5. The number of likely N-dealkylation sites (N-methyl/N-ethyl adjacent to an activating group) is 1. The Bertz CT molecular complexity index is 905. The van der Waals surface area contributed by atoms with Gasteiger partial charge in [0.05, 0.1) is 18.2 Å². The summed E-state index contributed by atoms with van der Waals surface area (Å²) in [5, 5.41) is 7.74. The summed E-state index contributed by atoms with van der Waals surface area (Å²) in [5.41, 5.74) is 0.803. The van der Waals surface area contributed by atoms with Crippen molar-refractivity contribution < 1.29 is 4.84 Å². The summed E-state index contributed by atoms with van der Waals surface area (Å²) in [6.07, 6.45) is 4.21. The Labute approximate surface area is 178 Å². The number of rotatable bonds is 6. The van der Waals surface area contributed by atoms with Crippen molar-refractivity contribution in [3.63, 3.8) is 0 Å². The molecule has 1 aliphatic heterocycles. The predicted molar refractivity (Wildman–Crippen MR) is 113 cm³/mol. The first-order valence-electron chi connectivity index (χ1n) is 8.93. The van der Waals surface area contributed by atoms with Crippen molar-refractivity contribution in [3.05, 3.63) is 76.8 Å². The summed E-state index contributed by atoms with van der Waals surface area (Å²) < 4.78 is 1.85. The van der Waals surface area contributed by atoms with Gasteiger partial charge in [0.1, 0.15) is 12.7 Å². The number of aromatic nitrogens is 3. The third-order valence-electron chi connectivity index (χ3n) is 5.00. The van der Waals surface area contributed by atoms with Crippen molar-refractivity contribution in [2.24, 2.45) is 0 Å². The van der Waals surface area contributed by atoms with Crippen LogP contribution < -0.4 is 0 Å². The molecule has 1 saturated heterocycles. The molecule has 2 atom stereocenters. The molecule has 0 spiro atoms. The summed E-state index contributed by atoms with van der Waals surface area (Å²) in [5.74, 6) is 0.846. The SMILES string of the molecule is CN1O[C@H](CSc2ccc(Cl)cc2)C[C@@]1(Cn1cncn1)c1ccc(Cl)cc1. The van der Waals surface area contributed by atoms with Gasteiger partial charge >= 0.3 is 0 Å². The van der Waals surface area contributed by atoms with Crippen LogP contribution in [0.4, 0.5) is 0 Å². The Hall–Kier alpha value is -1.57. The molecule has 0 amide bonds. The van der Waals surface area contributed by atoms with Crippen molar-refractivity contribution in [2.75, 3.05) is 12.8 Å². The fourth-order valence-corrected chi connectivity index (χ4v) is 4.71. The normalized spacial score (nSPS) is 22.6. The molecule has 1 aliphatic rings. The van der Waals surface area contributed by atoms with E-state index in [1.807, 2.05) is 53.2 Å². The van der Waals surface area contributed by atoms with Gasteiger partial charge in [0.2, 0.25) is 0 Å². The monoisotopic (exact) mass is 434 g/mol. The highest BCUT2D eigenvalue weighted by Gasteiger charge is 2.47. The maximum absolute atomic E-state index is 6.25. The molecule has 0 saturated carbocycles. The van der Waals surface area contributed by atoms with E-state index in [0.29, 0.717) is 6.54 Å². The third kappa shape index (κ3) is 4.21. The van der Waals surface area contributed by atoms with Crippen LogP contribution in [0.5, 0.6) is 0 Å². The molecule has 1 fully saturated rings. The van der Waals surface area contributed by atoms with E-state index in [-0.39, 0.29) is 11.6 Å². The highest BCUT2D eigenvalue weighted by molar-refractivity contribution is 7.99. The van der Waals surface area contributed by atoms with E-state index < -0.39 is 0 Å². The number of halogens is 2. The Morgan fingerprint density at radius 3 is 2.43 bits per heavy atom. The summed E-state index contributed by atoms with van der Waals surface area (Å²) in [6, 6.07) is 15.9. The maximum atomic E-state index is 6.25. The van der Waals surface area contributed by atoms with Crippen molar-refractivity contribution >= 4 is 35.0 Å². The highest BCUT2D eigenvalue weighted by atomic mass is 35.5. The van der Waals surface area contributed by atoms with E-state index in [0.717, 1.165) is 27.8 Å². The summed E-state index contributed by atoms with van der Waals surface area (Å²) >= 11 is 13.9. The molecule has 28 heavy (non-hydrogen) atoms. The van der Waals surface area contributed by atoms with Crippen LogP contribution in [0.25, 0.3) is 0 Å². The van der Waals surface area contributed by atoms with Crippen LogP contribution in [0.15, 0.2) is 66.1 Å². The Morgan fingerprint density at radius 1 is 1.11 bits per heavy atom. The second kappa shape index (κ2) is 8.43. The smallest absolute Gasteiger partial charge is 0.137 e. The molecule has 2 aromatic carbocycles. The first-order valence-corrected chi connectivity index (χ1v) is 10.7. The highest BCUT2D eigenvalue weighted by Crippen LogP contribution is 2.42. The van der Waals surface area contributed by atoms with Gasteiger partial charge in [-0.2, -0.15) is 10.2 Å². The predicted octanol–water partition coefficient (Wildman–Crippen LogP) is 4.91. The minimum atomic E-state index is -0.344. The van der Waals surface area contributed by atoms with Gasteiger partial charge in [-0.1, -0.05) is 35.3 Å². The minimum absolute atomic E-state index is 0.0740. The largest absolute Gasteiger partial charge is 0.294 e. The van der Waals surface area contributed by atoms with Gasteiger partial charge in [-0.05, 0) is 42.0 Å². The quantitative estimate of drug-likeness (QED) is 0.515. The summed E-state index contributed by atoms with van der Waals surface area (Å²) in [6.45, 7) is 0.646. The number of hydroxylamine groups is 2. The average molecular weight is 435 g/mol. The van der Waals surface area contributed by atoms with Gasteiger partial charge in [-0.3, -0.25) is 9.52 Å². The third-order valence-corrected chi connectivity index (χ3v) is 6.64. The molecule has 3 aromatic rings. The molecule has 4 rings (SSSR count). The van der Waals surface area contributed by atoms with Crippen LogP contribution in [-0.4, -0.2) is 38.7 Å². The standard InChI is InChI=1S/C20H20Cl2N4OS/c1-25-20(12-26-14-23-13-24-26,15-2-4-16(21)5-3-15)10-18(27-25)11-28-19-8-6-17(22)7-9-19/h2-9,13-14,18H,10-12H2,1H3/t18-,20+/m0/s1. The first-order chi connectivity index (χ1) is 13.5. The molecule has 0 N–H and O–H groups in total. The molecule has 146 valence electrons. The maximum Gasteiger partial charge on any atom is 0.137 e. The van der Waals surface area contributed by atoms with E-state index in [4.69, 9.17) is 28.0 Å². The van der Waals surface area contributed by atoms with Crippen LogP contribution in [0.3, 0.4) is 0 Å². The van der Waals surface area contributed by atoms with Crippen molar-refractivity contribution in [3.8, 4) is 0 Å². The number of nitrogens with zero attached hydrogens (tertiary/aromatic N) is 4. The van der Waals surface area contributed by atoms with Crippen molar-refractivity contribution in [2.45, 2.75) is 29.5 Å². The van der Waals surface area contributed by atoms with E-state index in [9.17, 15) is 0 Å². The number of hydrogen-bond acceptors (Lipinski definition) is 5. The fraction of sp³-hybridized carbons (Fsp3) is 0.300. The van der Waals surface area contributed by atoms with Gasteiger partial charge < -0.3 is 0 Å². The van der Waals surface area contributed by atoms with Crippen LogP contribution in [0.1, 0.15) is 12.0 Å². The van der Waals surface area contributed by atoms with Crippen molar-refractivity contribution in [1.82, 2.24) is 19.8 Å². The zero-order chi connectivity index (χ0) is 19.6. The lowest BCUT2D eigenvalue weighted by Crippen LogP contribution is -2.41. The van der Waals surface area contributed by atoms with E-state index >= 15 is 0 Å². The molecule has 8 heteroatoms. The molecular weight excluding hydrogens is 415 g/mol. The number of hydrogen-bond donors (Lipinski definition) is 0. The lowest BCUT2D eigenvalue weighted by Gasteiger charge is -2.34. The number of benzene rings is 2. The van der Waals surface area contributed by atoms with Crippen LogP contribution in [0, 0.1) is 0 Å². The zero-order valence-corrected chi connectivity index (χ0v) is 17.7. The molecule has 0 radical (unpaired) electrons. The Morgan fingerprint density at radius 2 is 1.79 bits per heavy atom. The van der Waals surface area contributed by atoms with Gasteiger partial charge in [0.25, 0.3) is 0 Å². The van der Waals surface area contributed by atoms with E-state index in [1.54, 1.807) is 24.4 Å². The van der Waals surface area contributed by atoms with Gasteiger partial charge in [-0.15, -0.1) is 11.8 Å². The molecule has 1 aromatic heterocycles. The van der Waals surface area contributed by atoms with Crippen LogP contribution in [0.2, 0.25) is 10.0 Å². The van der Waals surface area contributed by atoms with Crippen LogP contribution >= 0.6 is 35.0 Å². The van der Waals surface area contributed by atoms with Gasteiger partial charge in [0.15, 0.2) is 0 Å². The molecule has 0 aliphatic carbocycles. The van der Waals surface area contributed by atoms with Gasteiger partial charge in [-0.25, -0.2) is 4.98 Å². The molecule has 5 nitrogen and oxygen atoms in total. The summed E-state index contributed by atoms with van der Waals surface area (Å²) in [7, 11) is 1.98.